The molecule has 0 unspecified atom stereocenters. The van der Waals surface area contributed by atoms with E-state index >= 15 is 0 Å². The van der Waals surface area contributed by atoms with Crippen LogP contribution in [0, 0.1) is 0 Å². The van der Waals surface area contributed by atoms with Crippen LogP contribution < -0.4 is 10.1 Å². The number of anilines is 2. The minimum atomic E-state index is -0.181. The molecule has 0 saturated carbocycles. The molecule has 0 aliphatic carbocycles. The van der Waals surface area contributed by atoms with Gasteiger partial charge in [0, 0.05) is 26.3 Å². The van der Waals surface area contributed by atoms with Crippen LogP contribution in [0.25, 0.3) is 0 Å². The largest absolute Gasteiger partial charge is 0.497 e. The van der Waals surface area contributed by atoms with Gasteiger partial charge in [0.15, 0.2) is 0 Å². The average Bonchev–Trinajstić information content (AvgIpc) is 2.66. The fourth-order valence-corrected chi connectivity index (χ4v) is 2.41. The summed E-state index contributed by atoms with van der Waals surface area (Å²) >= 11 is 0. The van der Waals surface area contributed by atoms with Crippen LogP contribution in [-0.4, -0.2) is 55.9 Å². The van der Waals surface area contributed by atoms with Gasteiger partial charge in [-0.05, 0) is 43.3 Å². The van der Waals surface area contributed by atoms with Gasteiger partial charge in [-0.15, -0.1) is 0 Å². The van der Waals surface area contributed by atoms with Crippen molar-refractivity contribution in [3.8, 4) is 5.75 Å². The molecular formula is C20H25N3O3. The van der Waals surface area contributed by atoms with E-state index in [0.29, 0.717) is 17.8 Å². The standard InChI is InChI=1S/C20H25N3O3/c1-5-23(14-19(24)22(2)3)20(25)17-8-6-7-9-18(17)21-15-10-12-16(26-4)13-11-15/h6-13,21H,5,14H2,1-4H3. The lowest BCUT2D eigenvalue weighted by Gasteiger charge is -2.23. The second-order valence-electron chi connectivity index (χ2n) is 6.01. The fraction of sp³-hybridized carbons (Fsp3) is 0.300. The summed E-state index contributed by atoms with van der Waals surface area (Å²) in [6.45, 7) is 2.37. The molecule has 0 saturated heterocycles. The number of benzene rings is 2. The zero-order chi connectivity index (χ0) is 19.1. The number of likely N-dealkylation sites (N-methyl/N-ethyl adjacent to an activating group) is 2. The summed E-state index contributed by atoms with van der Waals surface area (Å²) in [5.74, 6) is 0.472. The lowest BCUT2D eigenvalue weighted by molar-refractivity contribution is -0.129. The van der Waals surface area contributed by atoms with Crippen molar-refractivity contribution in [2.75, 3.05) is 39.6 Å². The number of methoxy groups -OCH3 is 1. The molecule has 0 heterocycles. The second kappa shape index (κ2) is 8.89. The van der Waals surface area contributed by atoms with Crippen LogP contribution in [0.3, 0.4) is 0 Å². The summed E-state index contributed by atoms with van der Waals surface area (Å²) in [5.41, 5.74) is 2.06. The minimum Gasteiger partial charge on any atom is -0.497 e. The number of carbonyl (C=O) groups excluding carboxylic acids is 2. The number of rotatable bonds is 7. The molecule has 0 aromatic heterocycles. The lowest BCUT2D eigenvalue weighted by atomic mass is 10.1. The predicted molar refractivity (Wildman–Crippen MR) is 103 cm³/mol. The van der Waals surface area contributed by atoms with E-state index < -0.39 is 0 Å². The highest BCUT2D eigenvalue weighted by molar-refractivity contribution is 6.01. The van der Waals surface area contributed by atoms with Gasteiger partial charge in [-0.1, -0.05) is 12.1 Å². The molecule has 1 N–H and O–H groups in total. The molecule has 0 aliphatic rings. The molecule has 6 nitrogen and oxygen atoms in total. The quantitative estimate of drug-likeness (QED) is 0.829. The van der Waals surface area contributed by atoms with Gasteiger partial charge in [0.25, 0.3) is 5.91 Å². The summed E-state index contributed by atoms with van der Waals surface area (Å²) in [5, 5.41) is 3.26. The highest BCUT2D eigenvalue weighted by Crippen LogP contribution is 2.24. The number of carbonyl (C=O) groups is 2. The van der Waals surface area contributed by atoms with E-state index in [4.69, 9.17) is 4.74 Å². The molecule has 6 heteroatoms. The van der Waals surface area contributed by atoms with E-state index in [2.05, 4.69) is 5.32 Å². The summed E-state index contributed by atoms with van der Waals surface area (Å²) in [4.78, 5) is 28.0. The Labute approximate surface area is 154 Å². The Morgan fingerprint density at radius 1 is 1.04 bits per heavy atom. The molecule has 0 bridgehead atoms. The molecular weight excluding hydrogens is 330 g/mol. The Bertz CT molecular complexity index is 757. The minimum absolute atomic E-state index is 0.0548. The van der Waals surface area contributed by atoms with E-state index in [0.717, 1.165) is 11.4 Å². The van der Waals surface area contributed by atoms with Gasteiger partial charge >= 0.3 is 0 Å². The van der Waals surface area contributed by atoms with Crippen LogP contribution >= 0.6 is 0 Å². The first-order chi connectivity index (χ1) is 12.5. The third kappa shape index (κ3) is 4.75. The van der Waals surface area contributed by atoms with Gasteiger partial charge in [-0.25, -0.2) is 0 Å². The Kier molecular flexibility index (Phi) is 6.60. The van der Waals surface area contributed by atoms with Gasteiger partial charge in [-0.2, -0.15) is 0 Å². The maximum absolute atomic E-state index is 12.9. The van der Waals surface area contributed by atoms with E-state index in [1.165, 1.54) is 9.80 Å². The second-order valence-corrected chi connectivity index (χ2v) is 6.01. The van der Waals surface area contributed by atoms with Crippen molar-refractivity contribution in [1.82, 2.24) is 9.80 Å². The molecule has 2 amide bonds. The van der Waals surface area contributed by atoms with Gasteiger partial charge in [0.05, 0.1) is 24.9 Å². The Hall–Kier alpha value is -3.02. The number of para-hydroxylation sites is 1. The lowest BCUT2D eigenvalue weighted by Crippen LogP contribution is -2.40. The molecule has 0 radical (unpaired) electrons. The molecule has 0 spiro atoms. The van der Waals surface area contributed by atoms with Crippen molar-refractivity contribution >= 4 is 23.2 Å². The monoisotopic (exact) mass is 355 g/mol. The molecule has 26 heavy (non-hydrogen) atoms. The van der Waals surface area contributed by atoms with Crippen LogP contribution in [0.5, 0.6) is 5.75 Å². The Balaban J connectivity index is 2.23. The highest BCUT2D eigenvalue weighted by atomic mass is 16.5. The van der Waals surface area contributed by atoms with Gasteiger partial charge in [0.2, 0.25) is 5.91 Å². The Morgan fingerprint density at radius 2 is 1.69 bits per heavy atom. The summed E-state index contributed by atoms with van der Waals surface area (Å²) in [6.07, 6.45) is 0. The van der Waals surface area contributed by atoms with Crippen LogP contribution in [-0.2, 0) is 4.79 Å². The van der Waals surface area contributed by atoms with Crippen LogP contribution in [0.15, 0.2) is 48.5 Å². The van der Waals surface area contributed by atoms with Crippen molar-refractivity contribution in [2.24, 2.45) is 0 Å². The van der Waals surface area contributed by atoms with Crippen LogP contribution in [0.4, 0.5) is 11.4 Å². The molecule has 2 aromatic rings. The van der Waals surface area contributed by atoms with Crippen LogP contribution in [0.1, 0.15) is 17.3 Å². The summed E-state index contributed by atoms with van der Waals surface area (Å²) in [6, 6.07) is 14.7. The number of amides is 2. The number of hydrogen-bond acceptors (Lipinski definition) is 4. The number of nitrogens with one attached hydrogen (secondary N) is 1. The van der Waals surface area contributed by atoms with Crippen LogP contribution in [0.2, 0.25) is 0 Å². The number of ether oxygens (including phenoxy) is 1. The molecule has 0 aliphatic heterocycles. The summed E-state index contributed by atoms with van der Waals surface area (Å²) in [7, 11) is 4.98. The number of nitrogens with zero attached hydrogens (tertiary/aromatic N) is 2. The van der Waals surface area contributed by atoms with Crippen molar-refractivity contribution in [1.29, 1.82) is 0 Å². The van der Waals surface area contributed by atoms with E-state index in [1.807, 2.05) is 49.4 Å². The normalized spacial score (nSPS) is 10.2. The van der Waals surface area contributed by atoms with Gasteiger partial charge < -0.3 is 19.9 Å². The van der Waals surface area contributed by atoms with Gasteiger partial charge in [-0.3, -0.25) is 9.59 Å². The topological polar surface area (TPSA) is 61.9 Å². The zero-order valence-corrected chi connectivity index (χ0v) is 15.7. The predicted octanol–water partition coefficient (Wildman–Crippen LogP) is 2.99. The third-order valence-corrected chi connectivity index (χ3v) is 4.02. The molecule has 138 valence electrons. The smallest absolute Gasteiger partial charge is 0.256 e. The van der Waals surface area contributed by atoms with Crippen molar-refractivity contribution in [3.63, 3.8) is 0 Å². The SMILES string of the molecule is CCN(CC(=O)N(C)C)C(=O)c1ccccc1Nc1ccc(OC)cc1. The summed E-state index contributed by atoms with van der Waals surface area (Å²) < 4.78 is 5.16. The molecule has 2 aromatic carbocycles. The molecule has 0 atom stereocenters. The van der Waals surface area contributed by atoms with Crippen molar-refractivity contribution < 1.29 is 14.3 Å². The Morgan fingerprint density at radius 3 is 2.27 bits per heavy atom. The average molecular weight is 355 g/mol. The third-order valence-electron chi connectivity index (χ3n) is 4.02. The van der Waals surface area contributed by atoms with Crippen molar-refractivity contribution in [3.05, 3.63) is 54.1 Å². The van der Waals surface area contributed by atoms with Gasteiger partial charge in [0.1, 0.15) is 5.75 Å². The first-order valence-electron chi connectivity index (χ1n) is 8.45. The van der Waals surface area contributed by atoms with E-state index in [-0.39, 0.29) is 18.4 Å². The maximum Gasteiger partial charge on any atom is 0.256 e. The number of hydrogen-bond donors (Lipinski definition) is 1. The zero-order valence-electron chi connectivity index (χ0n) is 15.7. The molecule has 0 fully saturated rings. The first-order valence-corrected chi connectivity index (χ1v) is 8.45. The van der Waals surface area contributed by atoms with Crippen molar-refractivity contribution in [2.45, 2.75) is 6.92 Å². The highest BCUT2D eigenvalue weighted by Gasteiger charge is 2.20. The molecule has 2 rings (SSSR count). The fourth-order valence-electron chi connectivity index (χ4n) is 2.41. The van der Waals surface area contributed by atoms with E-state index in [9.17, 15) is 9.59 Å². The maximum atomic E-state index is 12.9. The van der Waals surface area contributed by atoms with E-state index in [1.54, 1.807) is 27.3 Å². The first kappa shape index (κ1) is 19.3.